The zero-order chi connectivity index (χ0) is 19.0. The zero-order valence-corrected chi connectivity index (χ0v) is 14.8. The predicted molar refractivity (Wildman–Crippen MR) is 91.3 cm³/mol. The molecule has 2 heterocycles. The highest BCUT2D eigenvalue weighted by Crippen LogP contribution is 2.45. The molecule has 26 heavy (non-hydrogen) atoms. The summed E-state index contributed by atoms with van der Waals surface area (Å²) in [7, 11) is 0. The Labute approximate surface area is 149 Å². The van der Waals surface area contributed by atoms with Crippen molar-refractivity contribution in [2.24, 2.45) is 0 Å². The van der Waals surface area contributed by atoms with Crippen LogP contribution in [0.5, 0.6) is 5.75 Å². The molecule has 3 rings (SSSR count). The summed E-state index contributed by atoms with van der Waals surface area (Å²) in [6, 6.07) is 5.03. The van der Waals surface area contributed by atoms with Crippen LogP contribution in [-0.2, 0) is 14.5 Å². The number of benzene rings is 1. The molecule has 1 atom stereocenters. The number of para-hydroxylation sites is 1. The number of nitrogens with one attached hydrogen (secondary N) is 2. The summed E-state index contributed by atoms with van der Waals surface area (Å²) < 4.78 is 5.33. The van der Waals surface area contributed by atoms with Crippen molar-refractivity contribution in [2.45, 2.75) is 39.7 Å². The van der Waals surface area contributed by atoms with Crippen molar-refractivity contribution in [2.75, 3.05) is 5.48 Å². The van der Waals surface area contributed by atoms with E-state index < -0.39 is 16.8 Å². The summed E-state index contributed by atoms with van der Waals surface area (Å²) in [5, 5.41) is 14.7. The Kier molecular flexibility index (Phi) is 4.56. The van der Waals surface area contributed by atoms with Gasteiger partial charge in [0.15, 0.2) is 5.75 Å². The van der Waals surface area contributed by atoms with Crippen molar-refractivity contribution < 1.29 is 24.3 Å². The second kappa shape index (κ2) is 6.68. The van der Waals surface area contributed by atoms with E-state index in [4.69, 9.17) is 14.6 Å². The molecule has 138 valence electrons. The average molecular weight is 361 g/mol. The smallest absolute Gasteiger partial charge is 0.337 e. The number of fused-ring (bicyclic) bond motifs is 1. The van der Waals surface area contributed by atoms with Gasteiger partial charge in [0.2, 0.25) is 0 Å². The lowest BCUT2D eigenvalue weighted by molar-refractivity contribution is -0.431. The molecule has 0 amide bonds. The summed E-state index contributed by atoms with van der Waals surface area (Å²) in [4.78, 5) is 33.8. The molecule has 0 spiro atoms. The molecule has 1 aromatic rings. The van der Waals surface area contributed by atoms with E-state index in [1.54, 1.807) is 45.9 Å². The van der Waals surface area contributed by atoms with Crippen molar-refractivity contribution in [1.29, 1.82) is 0 Å². The molecule has 2 N–H and O–H groups in total. The van der Waals surface area contributed by atoms with Crippen LogP contribution in [0.2, 0.25) is 0 Å². The minimum absolute atomic E-state index is 0.131. The highest BCUT2D eigenvalue weighted by Gasteiger charge is 2.43. The summed E-state index contributed by atoms with van der Waals surface area (Å²) in [6.45, 7) is 6.73. The van der Waals surface area contributed by atoms with Crippen LogP contribution >= 0.6 is 0 Å². The Morgan fingerprint density at radius 1 is 1.31 bits per heavy atom. The van der Waals surface area contributed by atoms with Crippen LogP contribution in [0, 0.1) is 10.1 Å². The van der Waals surface area contributed by atoms with Gasteiger partial charge in [-0.05, 0) is 33.8 Å². The van der Waals surface area contributed by atoms with Crippen molar-refractivity contribution in [3.63, 3.8) is 0 Å². The third-order valence-corrected chi connectivity index (χ3v) is 4.13. The maximum Gasteiger partial charge on any atom is 0.337 e. The number of ether oxygens (including phenoxy) is 1. The minimum atomic E-state index is -0.940. The third kappa shape index (κ3) is 2.97. The number of nitrogens with zero attached hydrogens (tertiary/aromatic N) is 1. The Hall–Kier alpha value is -3.07. The topological polar surface area (TPSA) is 112 Å². The van der Waals surface area contributed by atoms with E-state index in [-0.39, 0.29) is 17.4 Å². The predicted octanol–water partition coefficient (Wildman–Crippen LogP) is 2.76. The van der Waals surface area contributed by atoms with Crippen molar-refractivity contribution in [3.8, 4) is 5.75 Å². The first kappa shape index (κ1) is 17.7. The van der Waals surface area contributed by atoms with E-state index >= 15 is 0 Å². The number of dihydropyridines is 1. The van der Waals surface area contributed by atoms with Crippen LogP contribution in [-0.4, -0.2) is 17.0 Å². The lowest BCUT2D eigenvalue weighted by Gasteiger charge is -2.27. The van der Waals surface area contributed by atoms with Crippen LogP contribution < -0.4 is 15.7 Å². The van der Waals surface area contributed by atoms with Gasteiger partial charge in [0, 0.05) is 11.3 Å². The highest BCUT2D eigenvalue weighted by atomic mass is 17.3. The van der Waals surface area contributed by atoms with Gasteiger partial charge in [-0.25, -0.2) is 10.3 Å². The van der Waals surface area contributed by atoms with Gasteiger partial charge in [-0.2, -0.15) is 0 Å². The number of hydrogen-bond donors (Lipinski definition) is 2. The molecule has 2 aliphatic heterocycles. The van der Waals surface area contributed by atoms with Crippen LogP contribution in [0.25, 0.3) is 0 Å². The first-order chi connectivity index (χ1) is 12.3. The van der Waals surface area contributed by atoms with Crippen LogP contribution in [0.4, 0.5) is 5.69 Å². The van der Waals surface area contributed by atoms with E-state index in [0.29, 0.717) is 28.4 Å². The normalized spacial score (nSPS) is 18.9. The van der Waals surface area contributed by atoms with E-state index in [1.165, 1.54) is 0 Å². The number of carbonyl (C=O) groups excluding carboxylic acids is 1. The fraction of sp³-hybridized carbons (Fsp3) is 0.353. The number of carbonyl (C=O) groups is 1. The third-order valence-electron chi connectivity index (χ3n) is 4.13. The number of hydrogen-bond acceptors (Lipinski definition) is 8. The first-order valence-electron chi connectivity index (χ1n) is 8.07. The second-order valence-electron chi connectivity index (χ2n) is 6.31. The number of allylic oxidation sites excluding steroid dienone is 3. The lowest BCUT2D eigenvalue weighted by Crippen LogP contribution is -2.32. The number of esters is 1. The fourth-order valence-electron chi connectivity index (χ4n) is 3.15. The zero-order valence-electron chi connectivity index (χ0n) is 14.8. The molecule has 0 radical (unpaired) electrons. The van der Waals surface area contributed by atoms with Crippen LogP contribution in [0.1, 0.15) is 39.2 Å². The van der Waals surface area contributed by atoms with E-state index in [1.807, 2.05) is 0 Å². The Bertz CT molecular complexity index is 843. The largest absolute Gasteiger partial charge is 0.460 e. The van der Waals surface area contributed by atoms with Crippen molar-refractivity contribution >= 4 is 11.7 Å². The van der Waals surface area contributed by atoms with Gasteiger partial charge in [0.1, 0.15) is 11.6 Å². The van der Waals surface area contributed by atoms with Gasteiger partial charge >= 0.3 is 5.97 Å². The SMILES string of the molecule is CC1=C(C(=O)OC(C)C)C(c2cccc3c2NOO3)C([N+](=O)[O-])=C(C)N1. The minimum Gasteiger partial charge on any atom is -0.460 e. The van der Waals surface area contributed by atoms with Gasteiger partial charge in [-0.1, -0.05) is 17.1 Å². The van der Waals surface area contributed by atoms with Gasteiger partial charge < -0.3 is 14.9 Å². The van der Waals surface area contributed by atoms with E-state index in [0.717, 1.165) is 0 Å². The quantitative estimate of drug-likeness (QED) is 0.364. The summed E-state index contributed by atoms with van der Waals surface area (Å²) in [6.07, 6.45) is -0.360. The van der Waals surface area contributed by atoms with Crippen LogP contribution in [0.3, 0.4) is 0 Å². The Morgan fingerprint density at radius 3 is 2.69 bits per heavy atom. The molecule has 0 aliphatic carbocycles. The van der Waals surface area contributed by atoms with E-state index in [9.17, 15) is 14.9 Å². The standard InChI is InChI=1S/C17H19N3O6/c1-8(2)24-17(21)13-9(3)18-10(4)16(20(22)23)14(13)11-6-5-7-12-15(11)19-26-25-12/h5-8,14,18-19H,1-4H3. The monoisotopic (exact) mass is 361 g/mol. The average Bonchev–Trinajstić information content (AvgIpc) is 3.01. The molecular formula is C17H19N3O6. The maximum absolute atomic E-state index is 12.7. The molecule has 1 unspecified atom stereocenters. The Balaban J connectivity index is 2.20. The fourth-order valence-corrected chi connectivity index (χ4v) is 3.15. The molecule has 9 nitrogen and oxygen atoms in total. The van der Waals surface area contributed by atoms with Gasteiger partial charge in [0.25, 0.3) is 5.70 Å². The molecule has 0 saturated carbocycles. The summed E-state index contributed by atoms with van der Waals surface area (Å²) >= 11 is 0. The molecule has 1 aromatic carbocycles. The molecule has 0 bridgehead atoms. The Morgan fingerprint density at radius 2 is 2.04 bits per heavy atom. The molecule has 0 aromatic heterocycles. The number of anilines is 1. The van der Waals surface area contributed by atoms with Crippen LogP contribution in [0.15, 0.2) is 40.9 Å². The maximum atomic E-state index is 12.7. The number of nitro groups is 1. The molecule has 2 aliphatic rings. The molecule has 0 fully saturated rings. The van der Waals surface area contributed by atoms with Crippen molar-refractivity contribution in [1.82, 2.24) is 5.32 Å². The molecule has 0 saturated heterocycles. The lowest BCUT2D eigenvalue weighted by atomic mass is 9.83. The van der Waals surface area contributed by atoms with E-state index in [2.05, 4.69) is 10.8 Å². The second-order valence-corrected chi connectivity index (χ2v) is 6.31. The first-order valence-corrected chi connectivity index (χ1v) is 8.07. The van der Waals surface area contributed by atoms with Gasteiger partial charge in [-0.3, -0.25) is 10.1 Å². The highest BCUT2D eigenvalue weighted by molar-refractivity contribution is 5.93. The summed E-state index contributed by atoms with van der Waals surface area (Å²) in [5.41, 5.74) is 4.43. The summed E-state index contributed by atoms with van der Waals surface area (Å²) in [5.74, 6) is -1.17. The van der Waals surface area contributed by atoms with Crippen molar-refractivity contribution in [3.05, 3.63) is 56.5 Å². The van der Waals surface area contributed by atoms with Gasteiger partial charge in [-0.15, -0.1) is 0 Å². The molecule has 9 heteroatoms. The molecular weight excluding hydrogens is 342 g/mol. The van der Waals surface area contributed by atoms with Gasteiger partial charge in [0.05, 0.1) is 22.3 Å². The number of rotatable bonds is 4.